The lowest BCUT2D eigenvalue weighted by atomic mass is 10.2. The van der Waals surface area contributed by atoms with E-state index < -0.39 is 0 Å². The second kappa shape index (κ2) is 8.48. The molecule has 0 spiro atoms. The fraction of sp³-hybridized carbons (Fsp3) is 0.136. The molecular formula is C22H17Cl2NO2S. The second-order valence-corrected chi connectivity index (χ2v) is 8.20. The minimum Gasteiger partial charge on any atom is -0.461 e. The number of carbonyl (C=O) groups is 1. The van der Waals surface area contributed by atoms with Crippen LogP contribution in [0.4, 0.5) is 11.4 Å². The fourth-order valence-corrected chi connectivity index (χ4v) is 4.72. The van der Waals surface area contributed by atoms with Crippen molar-refractivity contribution in [1.82, 2.24) is 0 Å². The number of carbonyl (C=O) groups excluding carboxylic acids is 1. The van der Waals surface area contributed by atoms with Crippen molar-refractivity contribution < 1.29 is 9.53 Å². The summed E-state index contributed by atoms with van der Waals surface area (Å²) < 4.78 is 5.42. The van der Waals surface area contributed by atoms with Crippen molar-refractivity contribution >= 4 is 52.3 Å². The highest BCUT2D eigenvalue weighted by Crippen LogP contribution is 2.47. The minimum absolute atomic E-state index is 0.0698. The van der Waals surface area contributed by atoms with Crippen molar-refractivity contribution in [2.24, 2.45) is 0 Å². The van der Waals surface area contributed by atoms with Crippen molar-refractivity contribution in [3.8, 4) is 0 Å². The molecule has 0 amide bonds. The zero-order chi connectivity index (χ0) is 19.5. The molecule has 142 valence electrons. The van der Waals surface area contributed by atoms with E-state index >= 15 is 0 Å². The number of rotatable bonds is 5. The quantitative estimate of drug-likeness (QED) is 0.420. The molecule has 0 radical (unpaired) electrons. The third-order valence-corrected chi connectivity index (χ3v) is 6.35. The number of benzene rings is 3. The Morgan fingerprint density at radius 3 is 2.04 bits per heavy atom. The minimum atomic E-state index is -0.288. The highest BCUT2D eigenvalue weighted by molar-refractivity contribution is 7.99. The molecule has 0 unspecified atom stereocenters. The Morgan fingerprint density at radius 1 is 0.857 bits per heavy atom. The Morgan fingerprint density at radius 2 is 1.43 bits per heavy atom. The molecule has 0 N–H and O–H groups in total. The summed E-state index contributed by atoms with van der Waals surface area (Å²) in [6, 6.07) is 21.7. The van der Waals surface area contributed by atoms with Crippen molar-refractivity contribution in [3.63, 3.8) is 0 Å². The maximum absolute atomic E-state index is 12.4. The van der Waals surface area contributed by atoms with Gasteiger partial charge in [-0.3, -0.25) is 4.79 Å². The highest BCUT2D eigenvalue weighted by atomic mass is 35.5. The van der Waals surface area contributed by atoms with Crippen LogP contribution in [0.25, 0.3) is 0 Å². The normalized spacial score (nSPS) is 12.3. The zero-order valence-corrected chi connectivity index (χ0v) is 17.2. The standard InChI is InChI=1S/C22H17Cl2NO2S/c23-16-6-5-7-17(24)15(16)14-27-22(26)12-13-25-18-8-1-3-10-20(18)28-21-11-4-2-9-19(21)25/h1-11H,12-14H2. The molecule has 0 aromatic heterocycles. The van der Waals surface area contributed by atoms with Crippen LogP contribution in [0, 0.1) is 0 Å². The third kappa shape index (κ3) is 4.00. The molecule has 1 aliphatic heterocycles. The van der Waals surface area contributed by atoms with E-state index in [0.717, 1.165) is 11.4 Å². The smallest absolute Gasteiger partial charge is 0.307 e. The summed E-state index contributed by atoms with van der Waals surface area (Å²) in [4.78, 5) is 16.9. The van der Waals surface area contributed by atoms with Gasteiger partial charge in [-0.1, -0.05) is 65.3 Å². The number of halogens is 2. The number of anilines is 2. The average Bonchev–Trinajstić information content (AvgIpc) is 2.70. The first-order valence-electron chi connectivity index (χ1n) is 8.85. The zero-order valence-electron chi connectivity index (χ0n) is 14.9. The van der Waals surface area contributed by atoms with Crippen LogP contribution in [0.1, 0.15) is 12.0 Å². The maximum Gasteiger partial charge on any atom is 0.307 e. The molecule has 0 fully saturated rings. The van der Waals surface area contributed by atoms with Crippen molar-refractivity contribution in [2.45, 2.75) is 22.8 Å². The summed E-state index contributed by atoms with van der Waals surface area (Å²) in [5.41, 5.74) is 2.84. The molecule has 0 atom stereocenters. The van der Waals surface area contributed by atoms with E-state index in [2.05, 4.69) is 29.2 Å². The van der Waals surface area contributed by atoms with Gasteiger partial charge in [0, 0.05) is 31.9 Å². The van der Waals surface area contributed by atoms with Crippen molar-refractivity contribution in [1.29, 1.82) is 0 Å². The summed E-state index contributed by atoms with van der Waals surface area (Å²) in [6.45, 7) is 0.601. The van der Waals surface area contributed by atoms with Gasteiger partial charge in [0.1, 0.15) is 6.61 Å². The average molecular weight is 430 g/mol. The molecule has 3 aromatic carbocycles. The van der Waals surface area contributed by atoms with E-state index in [1.807, 2.05) is 24.3 Å². The van der Waals surface area contributed by atoms with Gasteiger partial charge in [0.05, 0.1) is 17.8 Å². The lowest BCUT2D eigenvalue weighted by molar-refractivity contribution is -0.144. The largest absolute Gasteiger partial charge is 0.461 e. The van der Waals surface area contributed by atoms with E-state index in [1.165, 1.54) is 9.79 Å². The van der Waals surface area contributed by atoms with Crippen LogP contribution in [-0.2, 0) is 16.1 Å². The number of esters is 1. The summed E-state index contributed by atoms with van der Waals surface area (Å²) in [7, 11) is 0. The number of fused-ring (bicyclic) bond motifs is 2. The molecule has 28 heavy (non-hydrogen) atoms. The summed E-state index contributed by atoms with van der Waals surface area (Å²) in [5, 5.41) is 0.993. The Bertz CT molecular complexity index is 959. The van der Waals surface area contributed by atoms with Crippen molar-refractivity contribution in [2.75, 3.05) is 11.4 Å². The fourth-order valence-electron chi connectivity index (χ4n) is 3.12. The number of ether oxygens (including phenoxy) is 1. The maximum atomic E-state index is 12.4. The van der Waals surface area contributed by atoms with Crippen LogP contribution in [0.2, 0.25) is 10.0 Å². The van der Waals surface area contributed by atoms with E-state index in [4.69, 9.17) is 27.9 Å². The SMILES string of the molecule is O=C(CCN1c2ccccc2Sc2ccccc21)OCc1c(Cl)cccc1Cl. The molecular weight excluding hydrogens is 413 g/mol. The van der Waals surface area contributed by atoms with Crippen LogP contribution >= 0.6 is 35.0 Å². The first-order chi connectivity index (χ1) is 13.6. The van der Waals surface area contributed by atoms with Crippen molar-refractivity contribution in [3.05, 3.63) is 82.3 Å². The Balaban J connectivity index is 1.46. The molecule has 1 aliphatic rings. The third-order valence-electron chi connectivity index (χ3n) is 4.51. The summed E-state index contributed by atoms with van der Waals surface area (Å²) in [6.07, 6.45) is 0.259. The predicted octanol–water partition coefficient (Wildman–Crippen LogP) is 6.73. The molecule has 6 heteroatoms. The van der Waals surface area contributed by atoms with Crippen LogP contribution in [0.3, 0.4) is 0 Å². The van der Waals surface area contributed by atoms with Gasteiger partial charge in [-0.2, -0.15) is 0 Å². The highest BCUT2D eigenvalue weighted by Gasteiger charge is 2.23. The lowest BCUT2D eigenvalue weighted by Gasteiger charge is -2.32. The van der Waals surface area contributed by atoms with E-state index in [-0.39, 0.29) is 19.0 Å². The lowest BCUT2D eigenvalue weighted by Crippen LogP contribution is -2.24. The monoisotopic (exact) mass is 429 g/mol. The van der Waals surface area contributed by atoms with E-state index in [9.17, 15) is 4.79 Å². The summed E-state index contributed by atoms with van der Waals surface area (Å²) in [5.74, 6) is -0.288. The molecule has 0 aliphatic carbocycles. The first-order valence-corrected chi connectivity index (χ1v) is 10.4. The van der Waals surface area contributed by atoms with Crippen LogP contribution < -0.4 is 4.90 Å². The molecule has 0 saturated heterocycles. The molecule has 0 bridgehead atoms. The van der Waals surface area contributed by atoms with E-state index in [0.29, 0.717) is 22.2 Å². The van der Waals surface area contributed by atoms with Gasteiger partial charge in [-0.15, -0.1) is 0 Å². The number of para-hydroxylation sites is 2. The molecule has 3 nitrogen and oxygen atoms in total. The summed E-state index contributed by atoms with van der Waals surface area (Å²) >= 11 is 14.0. The number of hydrogen-bond acceptors (Lipinski definition) is 4. The van der Waals surface area contributed by atoms with Crippen LogP contribution in [0.15, 0.2) is 76.5 Å². The number of hydrogen-bond donors (Lipinski definition) is 0. The van der Waals surface area contributed by atoms with Gasteiger partial charge >= 0.3 is 5.97 Å². The van der Waals surface area contributed by atoms with E-state index in [1.54, 1.807) is 30.0 Å². The first kappa shape index (κ1) is 19.2. The van der Waals surface area contributed by atoms with Gasteiger partial charge in [-0.05, 0) is 36.4 Å². The number of nitrogens with zero attached hydrogens (tertiary/aromatic N) is 1. The van der Waals surface area contributed by atoms with Gasteiger partial charge in [0.25, 0.3) is 0 Å². The molecule has 3 aromatic rings. The Kier molecular flexibility index (Phi) is 5.81. The Labute approximate surface area is 178 Å². The second-order valence-electron chi connectivity index (χ2n) is 6.30. The molecule has 0 saturated carbocycles. The molecule has 1 heterocycles. The van der Waals surface area contributed by atoms with Crippen LogP contribution in [0.5, 0.6) is 0 Å². The van der Waals surface area contributed by atoms with Crippen LogP contribution in [-0.4, -0.2) is 12.5 Å². The topological polar surface area (TPSA) is 29.5 Å². The predicted molar refractivity (Wildman–Crippen MR) is 115 cm³/mol. The Hall–Kier alpha value is -2.14. The van der Waals surface area contributed by atoms with Gasteiger partial charge in [-0.25, -0.2) is 0 Å². The van der Waals surface area contributed by atoms with Gasteiger partial charge in [0.15, 0.2) is 0 Å². The van der Waals surface area contributed by atoms with Gasteiger partial charge < -0.3 is 9.64 Å². The van der Waals surface area contributed by atoms with Gasteiger partial charge in [0.2, 0.25) is 0 Å². The molecule has 4 rings (SSSR count).